The molecule has 23 heavy (non-hydrogen) atoms. The lowest BCUT2D eigenvalue weighted by Crippen LogP contribution is -2.52. The van der Waals surface area contributed by atoms with Gasteiger partial charge in [-0.2, -0.15) is 0 Å². The summed E-state index contributed by atoms with van der Waals surface area (Å²) in [4.78, 5) is 7.10. The molecule has 0 amide bonds. The zero-order valence-corrected chi connectivity index (χ0v) is 13.6. The molecule has 3 heteroatoms. The Balaban J connectivity index is 1.45. The van der Waals surface area contributed by atoms with Crippen LogP contribution in [0.1, 0.15) is 31.9 Å². The van der Waals surface area contributed by atoms with Crippen LogP contribution in [0.4, 0.5) is 0 Å². The molecule has 118 valence electrons. The van der Waals surface area contributed by atoms with Gasteiger partial charge in [0.05, 0.1) is 11.9 Å². The van der Waals surface area contributed by atoms with Crippen LogP contribution in [0.2, 0.25) is 0 Å². The number of ether oxygens (including phenoxy) is 1. The van der Waals surface area contributed by atoms with Gasteiger partial charge in [-0.3, -0.25) is 9.88 Å². The van der Waals surface area contributed by atoms with Crippen molar-refractivity contribution >= 4 is 5.57 Å². The van der Waals surface area contributed by atoms with Crippen molar-refractivity contribution in [3.05, 3.63) is 41.7 Å². The minimum Gasteiger partial charge on any atom is -0.487 e. The summed E-state index contributed by atoms with van der Waals surface area (Å²) in [6.45, 7) is 5.58. The molecule has 3 aliphatic heterocycles. The summed E-state index contributed by atoms with van der Waals surface area (Å²) in [7, 11) is 0. The van der Waals surface area contributed by atoms with Crippen LogP contribution in [0.3, 0.4) is 0 Å². The Hall–Kier alpha value is -2.05. The van der Waals surface area contributed by atoms with Gasteiger partial charge >= 0.3 is 0 Å². The van der Waals surface area contributed by atoms with Crippen LogP contribution >= 0.6 is 0 Å². The van der Waals surface area contributed by atoms with Gasteiger partial charge < -0.3 is 4.74 Å². The third kappa shape index (κ3) is 3.18. The van der Waals surface area contributed by atoms with E-state index in [4.69, 9.17) is 4.74 Å². The van der Waals surface area contributed by atoms with Crippen LogP contribution < -0.4 is 4.74 Å². The second kappa shape index (κ2) is 6.22. The van der Waals surface area contributed by atoms with Gasteiger partial charge in [0.15, 0.2) is 0 Å². The molecule has 2 bridgehead atoms. The van der Waals surface area contributed by atoms with Crippen molar-refractivity contribution in [1.29, 1.82) is 0 Å². The third-order valence-corrected chi connectivity index (χ3v) is 5.05. The average molecular weight is 306 g/mol. The van der Waals surface area contributed by atoms with Crippen molar-refractivity contribution in [2.24, 2.45) is 5.92 Å². The molecule has 4 aliphatic rings. The van der Waals surface area contributed by atoms with Crippen molar-refractivity contribution in [2.45, 2.75) is 32.3 Å². The summed E-state index contributed by atoms with van der Waals surface area (Å²) in [6.07, 6.45) is 9.66. The van der Waals surface area contributed by atoms with Gasteiger partial charge in [0.25, 0.3) is 0 Å². The Labute approximate surface area is 138 Å². The van der Waals surface area contributed by atoms with Gasteiger partial charge in [0.1, 0.15) is 11.9 Å². The fourth-order valence-corrected chi connectivity index (χ4v) is 3.64. The highest BCUT2D eigenvalue weighted by atomic mass is 16.5. The number of fused-ring (bicyclic) bond motifs is 3. The van der Waals surface area contributed by atoms with E-state index in [9.17, 15) is 0 Å². The molecule has 3 saturated heterocycles. The highest BCUT2D eigenvalue weighted by Gasteiger charge is 2.35. The second-order valence-corrected chi connectivity index (χ2v) is 6.69. The first-order valence-corrected chi connectivity index (χ1v) is 8.50. The maximum atomic E-state index is 6.21. The molecule has 3 fully saturated rings. The van der Waals surface area contributed by atoms with Crippen molar-refractivity contribution in [2.75, 3.05) is 19.6 Å². The predicted octanol–water partition coefficient (Wildman–Crippen LogP) is 3.29. The van der Waals surface area contributed by atoms with Gasteiger partial charge in [0.2, 0.25) is 0 Å². The van der Waals surface area contributed by atoms with E-state index in [1.54, 1.807) is 0 Å². The summed E-state index contributed by atoms with van der Waals surface area (Å²) in [5, 5.41) is 0. The minimum absolute atomic E-state index is 0.332. The third-order valence-electron chi connectivity index (χ3n) is 5.05. The lowest BCUT2D eigenvalue weighted by molar-refractivity contribution is -0.00792. The van der Waals surface area contributed by atoms with Crippen molar-refractivity contribution in [3.8, 4) is 17.6 Å². The Morgan fingerprint density at radius 2 is 2.09 bits per heavy atom. The Bertz CT molecular complexity index is 697. The normalized spacial score (nSPS) is 29.0. The summed E-state index contributed by atoms with van der Waals surface area (Å²) in [5.74, 6) is 7.91. The molecule has 1 aliphatic carbocycles. The average Bonchev–Trinajstić information content (AvgIpc) is 2.81. The molecule has 0 spiro atoms. The predicted molar refractivity (Wildman–Crippen MR) is 91.9 cm³/mol. The molecular weight excluding hydrogens is 284 g/mol. The number of nitrogens with zero attached hydrogens (tertiary/aromatic N) is 2. The fraction of sp³-hybridized carbons (Fsp3) is 0.450. The van der Waals surface area contributed by atoms with E-state index in [-0.39, 0.29) is 0 Å². The molecular formula is C20H22N2O. The number of allylic oxidation sites excluding steroid dienone is 4. The quantitative estimate of drug-likeness (QED) is 0.801. The molecule has 1 atom stereocenters. The van der Waals surface area contributed by atoms with Crippen LogP contribution in [0, 0.1) is 17.8 Å². The van der Waals surface area contributed by atoms with Crippen molar-refractivity contribution < 1.29 is 4.74 Å². The van der Waals surface area contributed by atoms with Crippen LogP contribution in [0.15, 0.2) is 36.1 Å². The molecule has 1 unspecified atom stereocenters. The molecule has 4 heterocycles. The monoisotopic (exact) mass is 306 g/mol. The van der Waals surface area contributed by atoms with E-state index < -0.39 is 0 Å². The highest BCUT2D eigenvalue weighted by molar-refractivity contribution is 5.68. The van der Waals surface area contributed by atoms with E-state index in [0.717, 1.165) is 30.0 Å². The molecule has 0 radical (unpaired) electrons. The van der Waals surface area contributed by atoms with E-state index in [0.29, 0.717) is 12.0 Å². The maximum absolute atomic E-state index is 6.21. The van der Waals surface area contributed by atoms with E-state index in [1.807, 2.05) is 13.1 Å². The van der Waals surface area contributed by atoms with Crippen LogP contribution in [-0.2, 0) is 0 Å². The molecule has 0 aromatic carbocycles. The van der Waals surface area contributed by atoms with Gasteiger partial charge in [-0.1, -0.05) is 24.0 Å². The zero-order valence-electron chi connectivity index (χ0n) is 13.6. The lowest BCUT2D eigenvalue weighted by Gasteiger charge is -2.44. The first-order chi connectivity index (χ1) is 11.3. The second-order valence-electron chi connectivity index (χ2n) is 6.69. The summed E-state index contributed by atoms with van der Waals surface area (Å²) in [6, 6.07) is 4.11. The van der Waals surface area contributed by atoms with E-state index >= 15 is 0 Å². The first kappa shape index (κ1) is 14.5. The standard InChI is InChI=1S/C20H22N2O/c1-15-3-2-4-16(6-5-15)19-8-7-18(13-21-19)23-20-14-22-11-9-17(20)10-12-22/h5-8,13,17,20H,4,9-12,14H2,1H3. The number of hydrogen-bond acceptors (Lipinski definition) is 3. The zero-order chi connectivity index (χ0) is 15.6. The SMILES string of the molecule is CC1=CC=C(c2ccc(OC3CN4CCC3CC4)cn2)CC#C1. The highest BCUT2D eigenvalue weighted by Crippen LogP contribution is 2.30. The molecule has 5 rings (SSSR count). The fourth-order valence-electron chi connectivity index (χ4n) is 3.64. The molecule has 1 aromatic heterocycles. The number of aromatic nitrogens is 1. The number of piperidine rings is 3. The molecule has 1 aromatic rings. The minimum atomic E-state index is 0.332. The van der Waals surface area contributed by atoms with Crippen molar-refractivity contribution in [3.63, 3.8) is 0 Å². The molecule has 0 saturated carbocycles. The lowest BCUT2D eigenvalue weighted by atomic mass is 9.86. The first-order valence-electron chi connectivity index (χ1n) is 8.50. The topological polar surface area (TPSA) is 25.4 Å². The maximum Gasteiger partial charge on any atom is 0.138 e. The van der Waals surface area contributed by atoms with Gasteiger partial charge in [-0.05, 0) is 62.1 Å². The summed E-state index contributed by atoms with van der Waals surface area (Å²) >= 11 is 0. The Kier molecular flexibility index (Phi) is 3.93. The molecule has 0 N–H and O–H groups in total. The largest absolute Gasteiger partial charge is 0.487 e. The summed E-state index contributed by atoms with van der Waals surface area (Å²) in [5.41, 5.74) is 3.26. The van der Waals surface area contributed by atoms with E-state index in [1.165, 1.54) is 31.5 Å². The Morgan fingerprint density at radius 1 is 1.22 bits per heavy atom. The smallest absolute Gasteiger partial charge is 0.138 e. The van der Waals surface area contributed by atoms with Crippen molar-refractivity contribution in [1.82, 2.24) is 9.88 Å². The summed E-state index contributed by atoms with van der Waals surface area (Å²) < 4.78 is 6.21. The number of rotatable bonds is 3. The Morgan fingerprint density at radius 3 is 2.78 bits per heavy atom. The van der Waals surface area contributed by atoms with Gasteiger partial charge in [-0.25, -0.2) is 0 Å². The number of hydrogen-bond donors (Lipinski definition) is 0. The van der Waals surface area contributed by atoms with E-state index in [2.05, 4.69) is 46.0 Å². The number of pyridine rings is 1. The molecule has 3 nitrogen and oxygen atoms in total. The van der Waals surface area contributed by atoms with Crippen LogP contribution in [-0.4, -0.2) is 35.6 Å². The van der Waals surface area contributed by atoms with Gasteiger partial charge in [0, 0.05) is 13.0 Å². The van der Waals surface area contributed by atoms with Crippen LogP contribution in [0.5, 0.6) is 5.75 Å². The van der Waals surface area contributed by atoms with Crippen LogP contribution in [0.25, 0.3) is 5.57 Å². The van der Waals surface area contributed by atoms with Gasteiger partial charge in [-0.15, -0.1) is 0 Å².